The number of nitrogens with one attached hydrogen (secondary N) is 1. The summed E-state index contributed by atoms with van der Waals surface area (Å²) in [4.78, 5) is 28.0. The molecule has 120 valence electrons. The van der Waals surface area contributed by atoms with E-state index in [4.69, 9.17) is 9.47 Å². The van der Waals surface area contributed by atoms with Gasteiger partial charge in [0, 0.05) is 18.5 Å². The molecule has 1 N–H and O–H groups in total. The van der Waals surface area contributed by atoms with Crippen molar-refractivity contribution in [2.24, 2.45) is 22.7 Å². The number of rotatable bonds is 1. The van der Waals surface area contributed by atoms with Crippen LogP contribution in [-0.4, -0.2) is 37.5 Å². The normalized spacial score (nSPS) is 33.7. The van der Waals surface area contributed by atoms with Crippen LogP contribution in [0.15, 0.2) is 16.3 Å². The van der Waals surface area contributed by atoms with Gasteiger partial charge < -0.3 is 14.8 Å². The largest absolute Gasteiger partial charge is 0.469 e. The van der Waals surface area contributed by atoms with Gasteiger partial charge >= 0.3 is 5.97 Å². The number of carbonyl (C=O) groups excluding carboxylic acids is 2. The van der Waals surface area contributed by atoms with Gasteiger partial charge in [0.15, 0.2) is 0 Å². The number of hydrogen-bond donors (Lipinski definition) is 1. The molecule has 0 saturated carbocycles. The maximum Gasteiger partial charge on any atom is 0.308 e. The molecule has 0 aromatic heterocycles. The molecule has 22 heavy (non-hydrogen) atoms. The maximum atomic E-state index is 11.8. The number of esters is 1. The quantitative estimate of drug-likeness (QED) is 0.743. The smallest absolute Gasteiger partial charge is 0.308 e. The molecular formula is C16H22N2O4. The Morgan fingerprint density at radius 3 is 2.86 bits per heavy atom. The van der Waals surface area contributed by atoms with Crippen LogP contribution in [0.25, 0.3) is 0 Å². The van der Waals surface area contributed by atoms with E-state index in [0.717, 1.165) is 24.4 Å². The van der Waals surface area contributed by atoms with Crippen molar-refractivity contribution in [3.63, 3.8) is 0 Å². The topological polar surface area (TPSA) is 77.0 Å². The molecule has 0 spiro atoms. The summed E-state index contributed by atoms with van der Waals surface area (Å²) in [6.45, 7) is 4.13. The van der Waals surface area contributed by atoms with Crippen molar-refractivity contribution in [3.8, 4) is 0 Å². The van der Waals surface area contributed by atoms with E-state index in [2.05, 4.69) is 10.3 Å². The van der Waals surface area contributed by atoms with Crippen LogP contribution >= 0.6 is 0 Å². The second kappa shape index (κ2) is 5.83. The lowest BCUT2D eigenvalue weighted by atomic mass is 9.74. The molecule has 6 nitrogen and oxygen atoms in total. The van der Waals surface area contributed by atoms with E-state index in [0.29, 0.717) is 13.0 Å². The van der Waals surface area contributed by atoms with E-state index in [1.165, 1.54) is 19.6 Å². The third-order valence-corrected chi connectivity index (χ3v) is 4.90. The summed E-state index contributed by atoms with van der Waals surface area (Å²) in [5, 5.41) is 2.87. The fourth-order valence-electron chi connectivity index (χ4n) is 3.85. The molecule has 1 fully saturated rings. The lowest BCUT2D eigenvalue weighted by Crippen LogP contribution is -2.43. The number of fused-ring (bicyclic) bond motifs is 2. The van der Waals surface area contributed by atoms with E-state index < -0.39 is 0 Å². The molecule has 2 heterocycles. The van der Waals surface area contributed by atoms with E-state index in [-0.39, 0.29) is 35.7 Å². The first-order valence-corrected chi connectivity index (χ1v) is 7.78. The number of carbonyl (C=O) groups is 2. The zero-order valence-electron chi connectivity index (χ0n) is 13.2. The standard InChI is InChI=1S/C16H22N2O4/c1-8-14-12(7-22-8)11-6-10(16(20)21-3)4-5-13(11)18-15(14)17-9(2)19/h8,10,12,14H,4-7H2,1-3H3,(H,17,18,19)/t8-,10+,12?,14?/m0/s1. The maximum absolute atomic E-state index is 11.8. The third-order valence-electron chi connectivity index (χ3n) is 4.90. The summed E-state index contributed by atoms with van der Waals surface area (Å²) in [6, 6.07) is 0. The molecule has 3 aliphatic rings. The number of nitrogens with zero attached hydrogens (tertiary/aromatic N) is 1. The van der Waals surface area contributed by atoms with Crippen molar-refractivity contribution in [2.75, 3.05) is 13.7 Å². The molecular weight excluding hydrogens is 284 g/mol. The molecule has 0 aromatic carbocycles. The summed E-state index contributed by atoms with van der Waals surface area (Å²) in [5.41, 5.74) is 2.23. The highest BCUT2D eigenvalue weighted by Gasteiger charge is 2.45. The Morgan fingerprint density at radius 1 is 1.41 bits per heavy atom. The molecule has 4 atom stereocenters. The summed E-state index contributed by atoms with van der Waals surface area (Å²) < 4.78 is 10.7. The van der Waals surface area contributed by atoms with Gasteiger partial charge in [-0.05, 0) is 31.8 Å². The molecule has 0 aromatic rings. The third kappa shape index (κ3) is 2.56. The lowest BCUT2D eigenvalue weighted by molar-refractivity contribution is -0.145. The molecule has 1 saturated heterocycles. The predicted octanol–water partition coefficient (Wildman–Crippen LogP) is 1.41. The monoisotopic (exact) mass is 306 g/mol. The van der Waals surface area contributed by atoms with Crippen LogP contribution in [0.5, 0.6) is 0 Å². The average molecular weight is 306 g/mol. The van der Waals surface area contributed by atoms with Gasteiger partial charge in [-0.25, -0.2) is 4.99 Å². The van der Waals surface area contributed by atoms with Gasteiger partial charge in [-0.15, -0.1) is 0 Å². The first-order valence-electron chi connectivity index (χ1n) is 7.78. The molecule has 0 radical (unpaired) electrons. The second-order valence-corrected chi connectivity index (χ2v) is 6.28. The minimum Gasteiger partial charge on any atom is -0.469 e. The Balaban J connectivity index is 1.92. The zero-order chi connectivity index (χ0) is 15.9. The number of amidine groups is 1. The molecule has 2 aliphatic heterocycles. The first kappa shape index (κ1) is 15.2. The Hall–Kier alpha value is -1.69. The SMILES string of the molecule is COC(=O)[C@@H]1CCC2=C(C1)C1CO[C@@H](C)C1C(NC(C)=O)=N2. The zero-order valence-corrected chi connectivity index (χ0v) is 13.2. The van der Waals surface area contributed by atoms with Crippen molar-refractivity contribution in [1.82, 2.24) is 5.32 Å². The predicted molar refractivity (Wildman–Crippen MR) is 80.0 cm³/mol. The van der Waals surface area contributed by atoms with E-state index in [9.17, 15) is 9.59 Å². The van der Waals surface area contributed by atoms with Crippen LogP contribution < -0.4 is 5.32 Å². The van der Waals surface area contributed by atoms with Gasteiger partial charge in [-0.1, -0.05) is 0 Å². The Labute approximate surface area is 130 Å². The number of allylic oxidation sites excluding steroid dienone is 1. The summed E-state index contributed by atoms with van der Waals surface area (Å²) >= 11 is 0. The highest BCUT2D eigenvalue weighted by atomic mass is 16.5. The van der Waals surface area contributed by atoms with Gasteiger partial charge in [-0.3, -0.25) is 9.59 Å². The second-order valence-electron chi connectivity index (χ2n) is 6.28. The molecule has 3 rings (SSSR count). The highest BCUT2D eigenvalue weighted by Crippen LogP contribution is 2.45. The van der Waals surface area contributed by atoms with E-state index in [1.807, 2.05) is 6.92 Å². The summed E-state index contributed by atoms with van der Waals surface area (Å²) in [7, 11) is 1.43. The number of hydrogen-bond acceptors (Lipinski definition) is 5. The summed E-state index contributed by atoms with van der Waals surface area (Å²) in [6.07, 6.45) is 2.20. The molecule has 2 unspecified atom stereocenters. The number of amides is 1. The van der Waals surface area contributed by atoms with Crippen LogP contribution in [0, 0.1) is 17.8 Å². The van der Waals surface area contributed by atoms with Crippen molar-refractivity contribution < 1.29 is 19.1 Å². The van der Waals surface area contributed by atoms with Gasteiger partial charge in [0.2, 0.25) is 5.91 Å². The van der Waals surface area contributed by atoms with Crippen molar-refractivity contribution in [3.05, 3.63) is 11.3 Å². The van der Waals surface area contributed by atoms with Gasteiger partial charge in [0.05, 0.1) is 31.7 Å². The van der Waals surface area contributed by atoms with Gasteiger partial charge in [-0.2, -0.15) is 0 Å². The van der Waals surface area contributed by atoms with Crippen LogP contribution in [0.2, 0.25) is 0 Å². The minimum atomic E-state index is -0.147. The van der Waals surface area contributed by atoms with Gasteiger partial charge in [0.25, 0.3) is 0 Å². The van der Waals surface area contributed by atoms with Crippen molar-refractivity contribution in [2.45, 2.75) is 39.2 Å². The van der Waals surface area contributed by atoms with Crippen molar-refractivity contribution >= 4 is 17.7 Å². The summed E-state index contributed by atoms with van der Waals surface area (Å²) in [5.74, 6) is 0.655. The molecule has 1 amide bonds. The fourth-order valence-corrected chi connectivity index (χ4v) is 3.85. The lowest BCUT2D eigenvalue weighted by Gasteiger charge is -2.34. The minimum absolute atomic E-state index is 0.0168. The average Bonchev–Trinajstić information content (AvgIpc) is 2.88. The molecule has 0 bridgehead atoms. The Morgan fingerprint density at radius 2 is 2.18 bits per heavy atom. The number of ether oxygens (including phenoxy) is 2. The fraction of sp³-hybridized carbons (Fsp3) is 0.688. The van der Waals surface area contributed by atoms with Crippen LogP contribution in [0.1, 0.15) is 33.1 Å². The van der Waals surface area contributed by atoms with E-state index >= 15 is 0 Å². The molecule has 1 aliphatic carbocycles. The number of aliphatic imine (C=N–C) groups is 1. The molecule has 6 heteroatoms. The highest BCUT2D eigenvalue weighted by molar-refractivity contribution is 6.00. The van der Waals surface area contributed by atoms with Crippen LogP contribution in [0.4, 0.5) is 0 Å². The van der Waals surface area contributed by atoms with E-state index in [1.54, 1.807) is 0 Å². The Kier molecular flexibility index (Phi) is 4.04. The first-order chi connectivity index (χ1) is 10.5. The van der Waals surface area contributed by atoms with Crippen LogP contribution in [-0.2, 0) is 19.1 Å². The number of methoxy groups -OCH3 is 1. The van der Waals surface area contributed by atoms with Crippen molar-refractivity contribution in [1.29, 1.82) is 0 Å². The van der Waals surface area contributed by atoms with Gasteiger partial charge in [0.1, 0.15) is 5.84 Å². The van der Waals surface area contributed by atoms with Crippen LogP contribution in [0.3, 0.4) is 0 Å². The Bertz CT molecular complexity index is 566.